The third-order valence-corrected chi connectivity index (χ3v) is 3.43. The molecule has 0 rings (SSSR count). The van der Waals surface area contributed by atoms with Crippen LogP contribution in [0.1, 0.15) is 46.5 Å². The number of rotatable bonds is 10. The number of ether oxygens (including phenoxy) is 2. The minimum atomic E-state index is -4.45. The van der Waals surface area contributed by atoms with Crippen LogP contribution >= 0.6 is 0 Å². The van der Waals surface area contributed by atoms with Gasteiger partial charge in [0.05, 0.1) is 6.61 Å². The average molecular weight is 330 g/mol. The molecule has 0 spiro atoms. The SMILES string of the molecule is CCCCOC(=O)C(CC)(CC)C(=O)OCC(F)(F)C(F)F. The maximum absolute atomic E-state index is 12.8. The molecule has 130 valence electrons. The van der Waals surface area contributed by atoms with Gasteiger partial charge in [-0.2, -0.15) is 8.78 Å². The predicted octanol–water partition coefficient (Wildman–Crippen LogP) is 3.58. The van der Waals surface area contributed by atoms with Crippen LogP contribution in [-0.2, 0) is 19.1 Å². The maximum atomic E-state index is 12.8. The van der Waals surface area contributed by atoms with Crippen LogP contribution in [0.4, 0.5) is 17.6 Å². The summed E-state index contributed by atoms with van der Waals surface area (Å²) in [6.07, 6.45) is -2.66. The van der Waals surface area contributed by atoms with Crippen molar-refractivity contribution in [3.63, 3.8) is 0 Å². The Balaban J connectivity index is 4.91. The van der Waals surface area contributed by atoms with Crippen LogP contribution in [-0.4, -0.2) is 37.5 Å². The van der Waals surface area contributed by atoms with Crippen molar-refractivity contribution in [1.29, 1.82) is 0 Å². The molecular weight excluding hydrogens is 308 g/mol. The van der Waals surface area contributed by atoms with Crippen molar-refractivity contribution >= 4 is 11.9 Å². The molecule has 0 aliphatic rings. The first kappa shape index (κ1) is 20.7. The fourth-order valence-electron chi connectivity index (χ4n) is 1.72. The Morgan fingerprint density at radius 2 is 1.50 bits per heavy atom. The lowest BCUT2D eigenvalue weighted by molar-refractivity contribution is -0.192. The van der Waals surface area contributed by atoms with E-state index >= 15 is 0 Å². The number of esters is 2. The molecule has 8 heteroatoms. The molecule has 0 heterocycles. The maximum Gasteiger partial charge on any atom is 0.340 e. The normalized spacial score (nSPS) is 12.4. The molecule has 0 aliphatic carbocycles. The van der Waals surface area contributed by atoms with E-state index in [2.05, 4.69) is 4.74 Å². The van der Waals surface area contributed by atoms with Gasteiger partial charge in [-0.05, 0) is 19.3 Å². The van der Waals surface area contributed by atoms with Crippen molar-refractivity contribution in [2.45, 2.75) is 58.8 Å². The summed E-state index contributed by atoms with van der Waals surface area (Å²) < 4.78 is 59.0. The molecule has 0 atom stereocenters. The highest BCUT2D eigenvalue weighted by Gasteiger charge is 2.48. The summed E-state index contributed by atoms with van der Waals surface area (Å²) in [5.74, 6) is -6.59. The van der Waals surface area contributed by atoms with E-state index in [1.54, 1.807) is 0 Å². The number of hydrogen-bond acceptors (Lipinski definition) is 4. The standard InChI is InChI=1S/C14H22F4O4/c1-4-7-8-21-11(19)13(5-2,6-3)12(20)22-9-14(17,18)10(15)16/h10H,4-9H2,1-3H3. The van der Waals surface area contributed by atoms with Crippen molar-refractivity contribution in [2.75, 3.05) is 13.2 Å². The smallest absolute Gasteiger partial charge is 0.340 e. The summed E-state index contributed by atoms with van der Waals surface area (Å²) in [5, 5.41) is 0. The number of halogens is 4. The molecule has 0 saturated carbocycles. The Morgan fingerprint density at radius 3 is 1.91 bits per heavy atom. The van der Waals surface area contributed by atoms with E-state index in [0.717, 1.165) is 6.42 Å². The van der Waals surface area contributed by atoms with Gasteiger partial charge < -0.3 is 9.47 Å². The molecule has 0 aromatic heterocycles. The zero-order valence-electron chi connectivity index (χ0n) is 13.0. The Kier molecular flexibility index (Phi) is 8.40. The molecular formula is C14H22F4O4. The molecule has 0 N–H and O–H groups in total. The molecule has 4 nitrogen and oxygen atoms in total. The number of hydrogen-bond donors (Lipinski definition) is 0. The number of carbonyl (C=O) groups is 2. The highest BCUT2D eigenvalue weighted by molar-refractivity contribution is 6.00. The molecule has 0 fully saturated rings. The first-order valence-corrected chi connectivity index (χ1v) is 7.18. The summed E-state index contributed by atoms with van der Waals surface area (Å²) >= 11 is 0. The Labute approximate surface area is 127 Å². The van der Waals surface area contributed by atoms with Gasteiger partial charge in [0.25, 0.3) is 0 Å². The first-order chi connectivity index (χ1) is 10.2. The molecule has 0 amide bonds. The van der Waals surface area contributed by atoms with Crippen LogP contribution in [0.25, 0.3) is 0 Å². The second-order valence-electron chi connectivity index (χ2n) is 4.92. The minimum Gasteiger partial charge on any atom is -0.465 e. The van der Waals surface area contributed by atoms with Gasteiger partial charge in [0, 0.05) is 0 Å². The van der Waals surface area contributed by atoms with E-state index in [9.17, 15) is 27.2 Å². The Hall–Kier alpha value is -1.34. The molecule has 0 aromatic rings. The Bertz CT molecular complexity index is 368. The van der Waals surface area contributed by atoms with Gasteiger partial charge in [0.15, 0.2) is 12.0 Å². The van der Waals surface area contributed by atoms with Crippen molar-refractivity contribution in [1.82, 2.24) is 0 Å². The Morgan fingerprint density at radius 1 is 1.00 bits per heavy atom. The van der Waals surface area contributed by atoms with Gasteiger partial charge in [-0.25, -0.2) is 8.78 Å². The van der Waals surface area contributed by atoms with Crippen molar-refractivity contribution < 1.29 is 36.6 Å². The lowest BCUT2D eigenvalue weighted by Crippen LogP contribution is -2.43. The molecule has 0 radical (unpaired) electrons. The molecule has 0 aromatic carbocycles. The molecule has 22 heavy (non-hydrogen) atoms. The molecule has 0 saturated heterocycles. The van der Waals surface area contributed by atoms with Gasteiger partial charge in [-0.3, -0.25) is 9.59 Å². The predicted molar refractivity (Wildman–Crippen MR) is 70.8 cm³/mol. The van der Waals surface area contributed by atoms with E-state index in [0.29, 0.717) is 6.42 Å². The minimum absolute atomic E-state index is 0.0342. The second-order valence-corrected chi connectivity index (χ2v) is 4.92. The number of unbranched alkanes of at least 4 members (excludes halogenated alkanes) is 1. The number of alkyl halides is 4. The summed E-state index contributed by atoms with van der Waals surface area (Å²) in [6, 6.07) is 0. The molecule has 0 bridgehead atoms. The van der Waals surface area contributed by atoms with Gasteiger partial charge in [0.1, 0.15) is 0 Å². The van der Waals surface area contributed by atoms with Crippen LogP contribution in [0.5, 0.6) is 0 Å². The third-order valence-electron chi connectivity index (χ3n) is 3.43. The highest BCUT2D eigenvalue weighted by Crippen LogP contribution is 2.32. The number of carbonyl (C=O) groups excluding carboxylic acids is 2. The van der Waals surface area contributed by atoms with E-state index in [-0.39, 0.29) is 19.4 Å². The van der Waals surface area contributed by atoms with Gasteiger partial charge in [0.2, 0.25) is 0 Å². The largest absolute Gasteiger partial charge is 0.465 e. The van der Waals surface area contributed by atoms with E-state index in [1.807, 2.05) is 6.92 Å². The summed E-state index contributed by atoms with van der Waals surface area (Å²) in [7, 11) is 0. The molecule has 0 aliphatic heterocycles. The van der Waals surface area contributed by atoms with E-state index in [4.69, 9.17) is 4.74 Å². The second kappa shape index (κ2) is 8.95. The average Bonchev–Trinajstić information content (AvgIpc) is 2.47. The van der Waals surface area contributed by atoms with Gasteiger partial charge in [-0.1, -0.05) is 27.2 Å². The van der Waals surface area contributed by atoms with Crippen LogP contribution in [0.2, 0.25) is 0 Å². The lowest BCUT2D eigenvalue weighted by Gasteiger charge is -2.27. The quantitative estimate of drug-likeness (QED) is 0.266. The van der Waals surface area contributed by atoms with Crippen LogP contribution in [0.3, 0.4) is 0 Å². The van der Waals surface area contributed by atoms with Crippen molar-refractivity contribution in [2.24, 2.45) is 5.41 Å². The topological polar surface area (TPSA) is 52.6 Å². The van der Waals surface area contributed by atoms with Gasteiger partial charge >= 0.3 is 24.3 Å². The van der Waals surface area contributed by atoms with Crippen LogP contribution < -0.4 is 0 Å². The fourth-order valence-corrected chi connectivity index (χ4v) is 1.72. The zero-order chi connectivity index (χ0) is 17.4. The summed E-state index contributed by atoms with van der Waals surface area (Å²) in [5.41, 5.74) is -1.74. The first-order valence-electron chi connectivity index (χ1n) is 7.18. The van der Waals surface area contributed by atoms with Crippen LogP contribution in [0.15, 0.2) is 0 Å². The van der Waals surface area contributed by atoms with Crippen molar-refractivity contribution in [3.05, 3.63) is 0 Å². The monoisotopic (exact) mass is 330 g/mol. The lowest BCUT2D eigenvalue weighted by atomic mass is 9.82. The van der Waals surface area contributed by atoms with Crippen molar-refractivity contribution in [3.8, 4) is 0 Å². The summed E-state index contributed by atoms with van der Waals surface area (Å²) in [4.78, 5) is 24.0. The van der Waals surface area contributed by atoms with E-state index < -0.39 is 36.3 Å². The van der Waals surface area contributed by atoms with Gasteiger partial charge in [-0.15, -0.1) is 0 Å². The zero-order valence-corrected chi connectivity index (χ0v) is 13.0. The fraction of sp³-hybridized carbons (Fsp3) is 0.857. The highest BCUT2D eigenvalue weighted by atomic mass is 19.3. The molecule has 0 unspecified atom stereocenters. The summed E-state index contributed by atoms with van der Waals surface area (Å²) in [6.45, 7) is 3.20. The van der Waals surface area contributed by atoms with E-state index in [1.165, 1.54) is 13.8 Å². The van der Waals surface area contributed by atoms with Crippen LogP contribution in [0, 0.1) is 5.41 Å². The third kappa shape index (κ3) is 5.14.